The molecule has 0 radical (unpaired) electrons. The maximum atomic E-state index is 12.3. The van der Waals surface area contributed by atoms with E-state index in [1.807, 2.05) is 18.2 Å². The molecule has 4 N–H and O–H groups in total. The minimum Gasteiger partial charge on any atom is -0.379 e. The van der Waals surface area contributed by atoms with E-state index in [0.29, 0.717) is 23.6 Å². The number of nitrogens with zero attached hydrogens (tertiary/aromatic N) is 3. The second-order valence-electron chi connectivity index (χ2n) is 6.03. The first-order valence-corrected chi connectivity index (χ1v) is 8.67. The number of carbonyl (C=O) groups is 1. The number of nitrogens with one attached hydrogen (secondary N) is 2. The molecule has 0 atom stereocenters. The molecule has 0 saturated carbocycles. The van der Waals surface area contributed by atoms with Gasteiger partial charge >= 0.3 is 0 Å². The summed E-state index contributed by atoms with van der Waals surface area (Å²) in [5, 5.41) is 5.91. The molecule has 2 heterocycles. The molecule has 0 unspecified atom stereocenters. The van der Waals surface area contributed by atoms with Crippen LogP contribution in [-0.2, 0) is 4.74 Å². The zero-order valence-corrected chi connectivity index (χ0v) is 14.9. The van der Waals surface area contributed by atoms with Crippen molar-refractivity contribution >= 4 is 17.7 Å². The standard InChI is InChI=1S/C18H24N6O2/c1-20-16-12-15(22-18(19)23-16)13-2-4-14(5-3-13)17(25)21-6-7-24-8-10-26-11-9-24/h2-5,12H,6-11H2,1H3,(H,21,25)(H3,19,20,22,23). The molecule has 1 aliphatic heterocycles. The third-order valence-corrected chi connectivity index (χ3v) is 4.26. The topological polar surface area (TPSA) is 105 Å². The summed E-state index contributed by atoms with van der Waals surface area (Å²) in [7, 11) is 1.77. The molecule has 2 aromatic rings. The summed E-state index contributed by atoms with van der Waals surface area (Å²) in [6.07, 6.45) is 0. The first kappa shape index (κ1) is 18.1. The maximum absolute atomic E-state index is 12.3. The third kappa shape index (κ3) is 4.68. The SMILES string of the molecule is CNc1cc(-c2ccc(C(=O)NCCN3CCOCC3)cc2)nc(N)n1. The van der Waals surface area contributed by atoms with Crippen molar-refractivity contribution < 1.29 is 9.53 Å². The van der Waals surface area contributed by atoms with E-state index in [0.717, 1.165) is 38.4 Å². The number of morpholine rings is 1. The van der Waals surface area contributed by atoms with Crippen LogP contribution in [0.2, 0.25) is 0 Å². The lowest BCUT2D eigenvalue weighted by Crippen LogP contribution is -2.41. The van der Waals surface area contributed by atoms with Crippen molar-refractivity contribution in [2.24, 2.45) is 0 Å². The molecule has 138 valence electrons. The molecule has 1 aromatic heterocycles. The molecule has 26 heavy (non-hydrogen) atoms. The highest BCUT2D eigenvalue weighted by atomic mass is 16.5. The highest BCUT2D eigenvalue weighted by Crippen LogP contribution is 2.21. The summed E-state index contributed by atoms with van der Waals surface area (Å²) in [6, 6.07) is 9.11. The fourth-order valence-corrected chi connectivity index (χ4v) is 2.79. The minimum atomic E-state index is -0.0806. The van der Waals surface area contributed by atoms with Crippen LogP contribution in [0.15, 0.2) is 30.3 Å². The van der Waals surface area contributed by atoms with Crippen molar-refractivity contribution in [2.45, 2.75) is 0 Å². The monoisotopic (exact) mass is 356 g/mol. The molecule has 0 bridgehead atoms. The number of amides is 1. The van der Waals surface area contributed by atoms with Gasteiger partial charge in [0.15, 0.2) is 0 Å². The van der Waals surface area contributed by atoms with Gasteiger partial charge in [-0.2, -0.15) is 4.98 Å². The van der Waals surface area contributed by atoms with E-state index in [4.69, 9.17) is 10.5 Å². The first-order valence-electron chi connectivity index (χ1n) is 8.67. The summed E-state index contributed by atoms with van der Waals surface area (Å²) >= 11 is 0. The fraction of sp³-hybridized carbons (Fsp3) is 0.389. The van der Waals surface area contributed by atoms with Gasteiger partial charge < -0.3 is 21.1 Å². The van der Waals surface area contributed by atoms with Crippen LogP contribution >= 0.6 is 0 Å². The molecular formula is C18H24N6O2. The lowest BCUT2D eigenvalue weighted by molar-refractivity contribution is 0.0383. The lowest BCUT2D eigenvalue weighted by Gasteiger charge is -2.26. The van der Waals surface area contributed by atoms with Gasteiger partial charge in [0, 0.05) is 50.4 Å². The van der Waals surface area contributed by atoms with Crippen LogP contribution < -0.4 is 16.4 Å². The number of rotatable bonds is 6. The number of hydrogen-bond donors (Lipinski definition) is 3. The van der Waals surface area contributed by atoms with E-state index >= 15 is 0 Å². The normalized spacial score (nSPS) is 14.8. The Morgan fingerprint density at radius 1 is 1.23 bits per heavy atom. The summed E-state index contributed by atoms with van der Waals surface area (Å²) in [4.78, 5) is 22.9. The van der Waals surface area contributed by atoms with Gasteiger partial charge in [-0.25, -0.2) is 4.98 Å². The largest absolute Gasteiger partial charge is 0.379 e. The number of nitrogen functional groups attached to an aromatic ring is 1. The van der Waals surface area contributed by atoms with Gasteiger partial charge in [0.1, 0.15) is 5.82 Å². The average molecular weight is 356 g/mol. The molecule has 1 saturated heterocycles. The highest BCUT2D eigenvalue weighted by Gasteiger charge is 2.11. The second kappa shape index (κ2) is 8.59. The van der Waals surface area contributed by atoms with Gasteiger partial charge in [-0.05, 0) is 12.1 Å². The molecule has 1 aromatic carbocycles. The van der Waals surface area contributed by atoms with Crippen molar-refractivity contribution in [1.29, 1.82) is 0 Å². The summed E-state index contributed by atoms with van der Waals surface area (Å²) in [5.41, 5.74) is 7.93. The minimum absolute atomic E-state index is 0.0806. The average Bonchev–Trinajstić information content (AvgIpc) is 2.68. The maximum Gasteiger partial charge on any atom is 0.251 e. The Hall–Kier alpha value is -2.71. The molecule has 3 rings (SSSR count). The Balaban J connectivity index is 1.58. The Morgan fingerprint density at radius 2 is 1.96 bits per heavy atom. The molecule has 1 fully saturated rings. The number of aromatic nitrogens is 2. The Morgan fingerprint density at radius 3 is 2.65 bits per heavy atom. The summed E-state index contributed by atoms with van der Waals surface area (Å²) in [5.74, 6) is 0.775. The van der Waals surface area contributed by atoms with Crippen molar-refractivity contribution in [1.82, 2.24) is 20.2 Å². The number of nitrogens with two attached hydrogens (primary N) is 1. The highest BCUT2D eigenvalue weighted by molar-refractivity contribution is 5.94. The fourth-order valence-electron chi connectivity index (χ4n) is 2.79. The van der Waals surface area contributed by atoms with E-state index < -0.39 is 0 Å². The zero-order valence-electron chi connectivity index (χ0n) is 14.9. The van der Waals surface area contributed by atoms with Crippen LogP contribution in [-0.4, -0.2) is 67.2 Å². The first-order chi connectivity index (χ1) is 12.7. The lowest BCUT2D eigenvalue weighted by atomic mass is 10.1. The van der Waals surface area contributed by atoms with Gasteiger partial charge in [-0.3, -0.25) is 9.69 Å². The van der Waals surface area contributed by atoms with Gasteiger partial charge in [0.25, 0.3) is 5.91 Å². The van der Waals surface area contributed by atoms with E-state index in [1.54, 1.807) is 19.2 Å². The number of carbonyl (C=O) groups excluding carboxylic acids is 1. The van der Waals surface area contributed by atoms with Crippen LogP contribution in [0.25, 0.3) is 11.3 Å². The second-order valence-corrected chi connectivity index (χ2v) is 6.03. The Kier molecular flexibility index (Phi) is 5.98. The zero-order chi connectivity index (χ0) is 18.4. The van der Waals surface area contributed by atoms with Gasteiger partial charge in [-0.1, -0.05) is 12.1 Å². The molecular weight excluding hydrogens is 332 g/mol. The van der Waals surface area contributed by atoms with Crippen LogP contribution in [0.1, 0.15) is 10.4 Å². The van der Waals surface area contributed by atoms with E-state index in [1.165, 1.54) is 0 Å². The van der Waals surface area contributed by atoms with Crippen LogP contribution in [0, 0.1) is 0 Å². The predicted molar refractivity (Wildman–Crippen MR) is 101 cm³/mol. The summed E-state index contributed by atoms with van der Waals surface area (Å²) in [6.45, 7) is 4.81. The summed E-state index contributed by atoms with van der Waals surface area (Å²) < 4.78 is 5.32. The molecule has 1 amide bonds. The molecule has 8 nitrogen and oxygen atoms in total. The van der Waals surface area contributed by atoms with E-state index in [2.05, 4.69) is 25.5 Å². The number of anilines is 2. The van der Waals surface area contributed by atoms with E-state index in [9.17, 15) is 4.79 Å². The third-order valence-electron chi connectivity index (χ3n) is 4.26. The van der Waals surface area contributed by atoms with Crippen molar-refractivity contribution in [2.75, 3.05) is 57.5 Å². The van der Waals surface area contributed by atoms with Crippen molar-refractivity contribution in [3.8, 4) is 11.3 Å². The number of ether oxygens (including phenoxy) is 1. The van der Waals surface area contributed by atoms with Gasteiger partial charge in [0.05, 0.1) is 18.9 Å². The predicted octanol–water partition coefficient (Wildman–Crippen LogP) is 0.830. The Labute approximate surface area is 152 Å². The van der Waals surface area contributed by atoms with Gasteiger partial charge in [0.2, 0.25) is 5.95 Å². The van der Waals surface area contributed by atoms with Crippen LogP contribution in [0.5, 0.6) is 0 Å². The van der Waals surface area contributed by atoms with Gasteiger partial charge in [-0.15, -0.1) is 0 Å². The number of benzene rings is 1. The van der Waals surface area contributed by atoms with E-state index in [-0.39, 0.29) is 11.9 Å². The molecule has 0 spiro atoms. The molecule has 1 aliphatic rings. The molecule has 0 aliphatic carbocycles. The van der Waals surface area contributed by atoms with Crippen molar-refractivity contribution in [3.05, 3.63) is 35.9 Å². The number of hydrogen-bond acceptors (Lipinski definition) is 7. The van der Waals surface area contributed by atoms with Crippen LogP contribution in [0.3, 0.4) is 0 Å². The molecule has 8 heteroatoms. The van der Waals surface area contributed by atoms with Crippen molar-refractivity contribution in [3.63, 3.8) is 0 Å². The Bertz CT molecular complexity index is 744. The smallest absolute Gasteiger partial charge is 0.251 e. The quantitative estimate of drug-likeness (QED) is 0.704. The van der Waals surface area contributed by atoms with Crippen LogP contribution in [0.4, 0.5) is 11.8 Å².